The van der Waals surface area contributed by atoms with Crippen LogP contribution in [0.3, 0.4) is 0 Å². The van der Waals surface area contributed by atoms with Crippen molar-refractivity contribution in [1.29, 1.82) is 0 Å². The summed E-state index contributed by atoms with van der Waals surface area (Å²) in [6.45, 7) is 4.38. The molecule has 0 saturated carbocycles. The fourth-order valence-corrected chi connectivity index (χ4v) is 5.34. The van der Waals surface area contributed by atoms with E-state index in [-0.39, 0.29) is 12.0 Å². The van der Waals surface area contributed by atoms with Crippen LogP contribution in [0.4, 0.5) is 0 Å². The number of rotatable bonds is 6. The number of carbonyl (C=O) groups is 1. The smallest absolute Gasteiger partial charge is 0.234 e. The summed E-state index contributed by atoms with van der Waals surface area (Å²) in [5, 5.41) is 9.26. The Labute approximate surface area is 189 Å². The molecule has 1 aromatic carbocycles. The van der Waals surface area contributed by atoms with Gasteiger partial charge < -0.3 is 10.1 Å². The Hall–Kier alpha value is -2.68. The number of aromatic nitrogens is 2. The molecule has 1 N–H and O–H groups in total. The summed E-state index contributed by atoms with van der Waals surface area (Å²) in [5.74, 6) is 0.936. The Morgan fingerprint density at radius 3 is 3.10 bits per heavy atom. The lowest BCUT2D eigenvalue weighted by Crippen LogP contribution is -2.39. The number of aryl methyl sites for hydroxylation is 1. The molecule has 160 valence electrons. The third-order valence-corrected chi connectivity index (χ3v) is 6.90. The van der Waals surface area contributed by atoms with Gasteiger partial charge >= 0.3 is 0 Å². The minimum atomic E-state index is -0.0820. The number of ether oxygens (including phenoxy) is 1. The lowest BCUT2D eigenvalue weighted by molar-refractivity contribution is -0.122. The van der Waals surface area contributed by atoms with Crippen LogP contribution in [0.5, 0.6) is 5.75 Å². The third kappa shape index (κ3) is 4.66. The van der Waals surface area contributed by atoms with Crippen molar-refractivity contribution in [3.8, 4) is 5.75 Å². The van der Waals surface area contributed by atoms with Gasteiger partial charge in [0.15, 0.2) is 4.96 Å². The van der Waals surface area contributed by atoms with E-state index in [0.717, 1.165) is 34.0 Å². The SMILES string of the molecule is Cc1ccc2c(c1)CN(CC(=O)NCCc1cn3ccsc3n1)C[C@H](c1ccsc1)O2. The van der Waals surface area contributed by atoms with Crippen LogP contribution in [-0.2, 0) is 17.8 Å². The maximum absolute atomic E-state index is 12.7. The second-order valence-electron chi connectivity index (χ2n) is 7.87. The number of benzene rings is 1. The zero-order valence-corrected chi connectivity index (χ0v) is 18.9. The number of amides is 1. The highest BCUT2D eigenvalue weighted by atomic mass is 32.1. The van der Waals surface area contributed by atoms with E-state index in [1.165, 1.54) is 5.56 Å². The number of fused-ring (bicyclic) bond motifs is 2. The van der Waals surface area contributed by atoms with Crippen LogP contribution in [-0.4, -0.2) is 39.8 Å². The average molecular weight is 453 g/mol. The zero-order chi connectivity index (χ0) is 21.2. The highest BCUT2D eigenvalue weighted by Gasteiger charge is 2.26. The predicted octanol–water partition coefficient (Wildman–Crippen LogP) is 4.06. The molecule has 4 aromatic rings. The molecule has 6 nitrogen and oxygen atoms in total. The Balaban J connectivity index is 1.23. The molecule has 0 aliphatic carbocycles. The summed E-state index contributed by atoms with van der Waals surface area (Å²) in [4.78, 5) is 20.4. The molecule has 31 heavy (non-hydrogen) atoms. The van der Waals surface area contributed by atoms with E-state index in [1.807, 2.05) is 28.2 Å². The van der Waals surface area contributed by atoms with Crippen molar-refractivity contribution in [2.24, 2.45) is 0 Å². The van der Waals surface area contributed by atoms with Gasteiger partial charge in [-0.05, 0) is 29.8 Å². The van der Waals surface area contributed by atoms with Gasteiger partial charge in [-0.25, -0.2) is 4.98 Å². The first-order chi connectivity index (χ1) is 15.1. The lowest BCUT2D eigenvalue weighted by atomic mass is 10.1. The van der Waals surface area contributed by atoms with Gasteiger partial charge in [-0.15, -0.1) is 11.3 Å². The van der Waals surface area contributed by atoms with Crippen LogP contribution in [0.25, 0.3) is 4.96 Å². The zero-order valence-electron chi connectivity index (χ0n) is 17.3. The van der Waals surface area contributed by atoms with Crippen LogP contribution in [0.1, 0.15) is 28.5 Å². The molecule has 0 saturated heterocycles. The van der Waals surface area contributed by atoms with Crippen LogP contribution < -0.4 is 10.1 Å². The number of hydrogen-bond acceptors (Lipinski definition) is 6. The van der Waals surface area contributed by atoms with E-state index in [2.05, 4.69) is 51.1 Å². The number of thiophene rings is 1. The van der Waals surface area contributed by atoms with Crippen molar-refractivity contribution in [2.45, 2.75) is 26.0 Å². The molecular formula is C23H24N4O2S2. The van der Waals surface area contributed by atoms with E-state index in [4.69, 9.17) is 4.74 Å². The Bertz CT molecular complexity index is 1150. The first kappa shape index (κ1) is 20.2. The van der Waals surface area contributed by atoms with Gasteiger partial charge in [0.1, 0.15) is 11.9 Å². The number of carbonyl (C=O) groups excluding carboxylic acids is 1. The van der Waals surface area contributed by atoms with Gasteiger partial charge in [-0.2, -0.15) is 11.3 Å². The molecule has 1 aliphatic heterocycles. The summed E-state index contributed by atoms with van der Waals surface area (Å²) < 4.78 is 8.37. The number of nitrogens with one attached hydrogen (secondary N) is 1. The Morgan fingerprint density at radius 2 is 2.26 bits per heavy atom. The van der Waals surface area contributed by atoms with Crippen molar-refractivity contribution < 1.29 is 9.53 Å². The Morgan fingerprint density at radius 1 is 1.32 bits per heavy atom. The molecule has 4 heterocycles. The van der Waals surface area contributed by atoms with Gasteiger partial charge in [-0.3, -0.25) is 14.1 Å². The third-order valence-electron chi connectivity index (χ3n) is 5.43. The molecule has 1 amide bonds. The van der Waals surface area contributed by atoms with Gasteiger partial charge in [0.25, 0.3) is 0 Å². The summed E-state index contributed by atoms with van der Waals surface area (Å²) in [6.07, 6.45) is 4.67. The first-order valence-corrected chi connectivity index (χ1v) is 12.1. The van der Waals surface area contributed by atoms with E-state index < -0.39 is 0 Å². The number of nitrogens with zero attached hydrogens (tertiary/aromatic N) is 3. The molecular weight excluding hydrogens is 428 g/mol. The second kappa shape index (κ2) is 8.82. The molecule has 0 spiro atoms. The maximum Gasteiger partial charge on any atom is 0.234 e. The minimum absolute atomic E-state index is 0.0289. The van der Waals surface area contributed by atoms with E-state index >= 15 is 0 Å². The fraction of sp³-hybridized carbons (Fsp3) is 0.304. The molecule has 0 fully saturated rings. The number of imidazole rings is 1. The van der Waals surface area contributed by atoms with Crippen LogP contribution in [0, 0.1) is 6.92 Å². The summed E-state index contributed by atoms with van der Waals surface area (Å²) >= 11 is 3.28. The second-order valence-corrected chi connectivity index (χ2v) is 9.52. The van der Waals surface area contributed by atoms with E-state index in [9.17, 15) is 4.79 Å². The van der Waals surface area contributed by atoms with Crippen molar-refractivity contribution in [2.75, 3.05) is 19.6 Å². The molecule has 0 radical (unpaired) electrons. The van der Waals surface area contributed by atoms with Gasteiger partial charge in [0, 0.05) is 55.0 Å². The fourth-order valence-electron chi connectivity index (χ4n) is 3.91. The van der Waals surface area contributed by atoms with Crippen LogP contribution >= 0.6 is 22.7 Å². The molecule has 1 atom stereocenters. The topological polar surface area (TPSA) is 58.9 Å². The minimum Gasteiger partial charge on any atom is -0.484 e. The highest BCUT2D eigenvalue weighted by molar-refractivity contribution is 7.15. The molecule has 3 aromatic heterocycles. The maximum atomic E-state index is 12.7. The number of hydrogen-bond donors (Lipinski definition) is 1. The van der Waals surface area contributed by atoms with Gasteiger partial charge in [0.2, 0.25) is 5.91 Å². The molecule has 0 bridgehead atoms. The van der Waals surface area contributed by atoms with Crippen molar-refractivity contribution >= 4 is 33.5 Å². The normalized spacial score (nSPS) is 16.6. The quantitative estimate of drug-likeness (QED) is 0.479. The summed E-state index contributed by atoms with van der Waals surface area (Å²) in [5.41, 5.74) is 4.48. The van der Waals surface area contributed by atoms with Gasteiger partial charge in [-0.1, -0.05) is 17.7 Å². The Kier molecular flexibility index (Phi) is 5.76. The standard InChI is InChI=1S/C23H24N4O2S2/c1-16-2-3-20-18(10-16)11-26(13-21(29-20)17-5-8-30-15-17)14-22(28)24-6-4-19-12-27-7-9-31-23(27)25-19/h2-3,5,7-10,12,15,21H,4,6,11,13-14H2,1H3,(H,24,28)/t21-/m1/s1. The van der Waals surface area contributed by atoms with Crippen molar-refractivity contribution in [3.63, 3.8) is 0 Å². The summed E-state index contributed by atoms with van der Waals surface area (Å²) in [6, 6.07) is 8.37. The summed E-state index contributed by atoms with van der Waals surface area (Å²) in [7, 11) is 0. The average Bonchev–Trinajstić information content (AvgIpc) is 3.45. The largest absolute Gasteiger partial charge is 0.484 e. The molecule has 8 heteroatoms. The van der Waals surface area contributed by atoms with Gasteiger partial charge in [0.05, 0.1) is 12.2 Å². The van der Waals surface area contributed by atoms with E-state index in [1.54, 1.807) is 22.7 Å². The van der Waals surface area contributed by atoms with Crippen LogP contribution in [0.2, 0.25) is 0 Å². The highest BCUT2D eigenvalue weighted by Crippen LogP contribution is 2.32. The van der Waals surface area contributed by atoms with E-state index in [0.29, 0.717) is 26.2 Å². The predicted molar refractivity (Wildman–Crippen MR) is 124 cm³/mol. The lowest BCUT2D eigenvalue weighted by Gasteiger charge is -2.23. The molecule has 0 unspecified atom stereocenters. The van der Waals surface area contributed by atoms with Crippen LogP contribution in [0.15, 0.2) is 52.8 Å². The van der Waals surface area contributed by atoms with Crippen molar-refractivity contribution in [1.82, 2.24) is 19.6 Å². The first-order valence-electron chi connectivity index (χ1n) is 10.3. The number of thiazole rings is 1. The molecule has 5 rings (SSSR count). The monoisotopic (exact) mass is 452 g/mol. The molecule has 1 aliphatic rings. The van der Waals surface area contributed by atoms with Crippen molar-refractivity contribution in [3.05, 3.63) is 75.2 Å².